The molecule has 0 aliphatic carbocycles. The van der Waals surface area contributed by atoms with Crippen LogP contribution in [0.25, 0.3) is 11.1 Å². The van der Waals surface area contributed by atoms with Gasteiger partial charge in [0.15, 0.2) is 11.7 Å². The number of nitrogen functional groups attached to an aromatic ring is 1. The molecule has 0 amide bonds. The fraction of sp³-hybridized carbons (Fsp3) is 0.333. The van der Waals surface area contributed by atoms with Gasteiger partial charge in [-0.2, -0.15) is 10.2 Å². The molecule has 1 aliphatic rings. The number of fused-ring (bicyclic) bond motifs is 1. The summed E-state index contributed by atoms with van der Waals surface area (Å²) < 4.78 is 10.9. The summed E-state index contributed by atoms with van der Waals surface area (Å²) in [5.41, 5.74) is 7.75. The summed E-state index contributed by atoms with van der Waals surface area (Å²) in [6.07, 6.45) is -0.432. The minimum atomic E-state index is -0.432. The maximum Gasteiger partial charge on any atom is 0.298 e. The zero-order valence-corrected chi connectivity index (χ0v) is 9.67. The molecule has 0 spiro atoms. The van der Waals surface area contributed by atoms with Gasteiger partial charge in [-0.05, 0) is 12.1 Å². The predicted octanol–water partition coefficient (Wildman–Crippen LogP) is 1.14. The van der Waals surface area contributed by atoms with E-state index in [1.165, 1.54) is 0 Å². The van der Waals surface area contributed by atoms with Crippen LogP contribution < -0.4 is 10.6 Å². The second-order valence-electron chi connectivity index (χ2n) is 4.16. The average molecular weight is 244 g/mol. The third-order valence-electron chi connectivity index (χ3n) is 2.88. The Hall–Kier alpha value is -2.26. The van der Waals surface area contributed by atoms with E-state index in [-0.39, 0.29) is 0 Å². The topological polar surface area (TPSA) is 88.3 Å². The first-order valence-corrected chi connectivity index (χ1v) is 5.68. The van der Waals surface area contributed by atoms with Crippen molar-refractivity contribution >= 4 is 22.8 Å². The van der Waals surface area contributed by atoms with Crippen LogP contribution in [-0.2, 0) is 4.74 Å². The van der Waals surface area contributed by atoms with Crippen LogP contribution in [0, 0.1) is 11.3 Å². The van der Waals surface area contributed by atoms with Gasteiger partial charge in [-0.3, -0.25) is 0 Å². The smallest absolute Gasteiger partial charge is 0.298 e. The Kier molecular flexibility index (Phi) is 2.54. The molecule has 1 fully saturated rings. The summed E-state index contributed by atoms with van der Waals surface area (Å²) in [4.78, 5) is 6.30. The van der Waals surface area contributed by atoms with Gasteiger partial charge in [0.2, 0.25) is 0 Å². The standard InChI is InChI=1S/C12H12N4O2/c13-6-9-7-16(3-4-17-9)12-15-10-2-1-8(14)5-11(10)18-12/h1-2,5,9H,3-4,7,14H2. The van der Waals surface area contributed by atoms with E-state index in [1.54, 1.807) is 12.1 Å². The predicted molar refractivity (Wildman–Crippen MR) is 66.0 cm³/mol. The van der Waals surface area contributed by atoms with Gasteiger partial charge in [0, 0.05) is 18.3 Å². The molecule has 3 rings (SSSR count). The zero-order chi connectivity index (χ0) is 12.5. The van der Waals surface area contributed by atoms with Crippen LogP contribution in [0.5, 0.6) is 0 Å². The molecule has 1 aromatic carbocycles. The van der Waals surface area contributed by atoms with Crippen molar-refractivity contribution in [3.8, 4) is 6.07 Å². The monoisotopic (exact) mass is 244 g/mol. The molecule has 2 aromatic rings. The van der Waals surface area contributed by atoms with Crippen LogP contribution in [0.3, 0.4) is 0 Å². The molecule has 1 aliphatic heterocycles. The second kappa shape index (κ2) is 4.20. The van der Waals surface area contributed by atoms with Crippen molar-refractivity contribution in [1.29, 1.82) is 5.26 Å². The van der Waals surface area contributed by atoms with E-state index >= 15 is 0 Å². The SMILES string of the molecule is N#CC1CN(c2nc3ccc(N)cc3o2)CCO1. The summed E-state index contributed by atoms with van der Waals surface area (Å²) in [5, 5.41) is 8.86. The van der Waals surface area contributed by atoms with Gasteiger partial charge in [0.05, 0.1) is 19.2 Å². The van der Waals surface area contributed by atoms with Crippen molar-refractivity contribution in [2.75, 3.05) is 30.3 Å². The highest BCUT2D eigenvalue weighted by molar-refractivity contribution is 5.78. The molecule has 18 heavy (non-hydrogen) atoms. The first kappa shape index (κ1) is 10.9. The lowest BCUT2D eigenvalue weighted by atomic mass is 10.3. The van der Waals surface area contributed by atoms with Crippen molar-refractivity contribution < 1.29 is 9.15 Å². The van der Waals surface area contributed by atoms with Gasteiger partial charge in [0.25, 0.3) is 6.01 Å². The van der Waals surface area contributed by atoms with E-state index in [0.717, 1.165) is 5.52 Å². The maximum atomic E-state index is 8.86. The first-order chi connectivity index (χ1) is 8.76. The Balaban J connectivity index is 1.92. The molecule has 6 heteroatoms. The number of nitriles is 1. The molecule has 92 valence electrons. The quantitative estimate of drug-likeness (QED) is 0.757. The van der Waals surface area contributed by atoms with Gasteiger partial charge in [-0.25, -0.2) is 0 Å². The van der Waals surface area contributed by atoms with Gasteiger partial charge >= 0.3 is 0 Å². The van der Waals surface area contributed by atoms with Crippen LogP contribution in [0.2, 0.25) is 0 Å². The Bertz CT molecular complexity index is 616. The number of oxazole rings is 1. The number of rotatable bonds is 1. The summed E-state index contributed by atoms with van der Waals surface area (Å²) in [5.74, 6) is 0. The van der Waals surface area contributed by atoms with E-state index in [2.05, 4.69) is 11.1 Å². The molecule has 0 saturated carbocycles. The molecular weight excluding hydrogens is 232 g/mol. The van der Waals surface area contributed by atoms with Crippen LogP contribution in [-0.4, -0.2) is 30.8 Å². The third-order valence-corrected chi connectivity index (χ3v) is 2.88. The van der Waals surface area contributed by atoms with Gasteiger partial charge < -0.3 is 19.8 Å². The van der Waals surface area contributed by atoms with Crippen LogP contribution in [0.1, 0.15) is 0 Å². The highest BCUT2D eigenvalue weighted by Gasteiger charge is 2.23. The minimum absolute atomic E-state index is 0.432. The highest BCUT2D eigenvalue weighted by Crippen LogP contribution is 2.24. The molecule has 1 aromatic heterocycles. The Morgan fingerprint density at radius 3 is 3.22 bits per heavy atom. The number of benzene rings is 1. The summed E-state index contributed by atoms with van der Waals surface area (Å²) in [6.45, 7) is 1.64. The highest BCUT2D eigenvalue weighted by atomic mass is 16.5. The van der Waals surface area contributed by atoms with E-state index in [4.69, 9.17) is 20.1 Å². The van der Waals surface area contributed by atoms with Crippen molar-refractivity contribution in [1.82, 2.24) is 4.98 Å². The third kappa shape index (κ3) is 1.85. The van der Waals surface area contributed by atoms with Crippen molar-refractivity contribution in [2.45, 2.75) is 6.10 Å². The van der Waals surface area contributed by atoms with Crippen molar-refractivity contribution in [3.05, 3.63) is 18.2 Å². The molecule has 6 nitrogen and oxygen atoms in total. The molecule has 1 unspecified atom stereocenters. The molecule has 0 radical (unpaired) electrons. The van der Waals surface area contributed by atoms with Crippen molar-refractivity contribution in [3.63, 3.8) is 0 Å². The van der Waals surface area contributed by atoms with Crippen LogP contribution in [0.15, 0.2) is 22.6 Å². The number of hydrogen-bond donors (Lipinski definition) is 1. The lowest BCUT2D eigenvalue weighted by Crippen LogP contribution is -2.42. The first-order valence-electron chi connectivity index (χ1n) is 5.68. The molecule has 1 saturated heterocycles. The van der Waals surface area contributed by atoms with Crippen LogP contribution >= 0.6 is 0 Å². The number of morpholine rings is 1. The van der Waals surface area contributed by atoms with E-state index in [9.17, 15) is 0 Å². The molecule has 2 heterocycles. The van der Waals surface area contributed by atoms with Gasteiger partial charge in [-0.15, -0.1) is 0 Å². The molecule has 1 atom stereocenters. The number of aromatic nitrogens is 1. The van der Waals surface area contributed by atoms with Crippen LogP contribution in [0.4, 0.5) is 11.7 Å². The number of nitrogens with zero attached hydrogens (tertiary/aromatic N) is 3. The average Bonchev–Trinajstić information content (AvgIpc) is 2.81. The molecule has 2 N–H and O–H groups in total. The number of nitrogens with two attached hydrogens (primary N) is 1. The lowest BCUT2D eigenvalue weighted by molar-refractivity contribution is 0.0745. The van der Waals surface area contributed by atoms with Gasteiger partial charge in [-0.1, -0.05) is 0 Å². The fourth-order valence-electron chi connectivity index (χ4n) is 1.97. The van der Waals surface area contributed by atoms with E-state index < -0.39 is 6.10 Å². The maximum absolute atomic E-state index is 8.86. The number of ether oxygens (including phenoxy) is 1. The fourth-order valence-corrected chi connectivity index (χ4v) is 1.97. The number of anilines is 2. The Labute approximate surface area is 104 Å². The Morgan fingerprint density at radius 2 is 2.39 bits per heavy atom. The lowest BCUT2D eigenvalue weighted by Gasteiger charge is -2.28. The summed E-state index contributed by atoms with van der Waals surface area (Å²) in [6, 6.07) is 7.95. The second-order valence-corrected chi connectivity index (χ2v) is 4.16. The Morgan fingerprint density at radius 1 is 1.50 bits per heavy atom. The number of hydrogen-bond acceptors (Lipinski definition) is 6. The normalized spacial score (nSPS) is 19.9. The molecule has 0 bridgehead atoms. The van der Waals surface area contributed by atoms with Crippen molar-refractivity contribution in [2.24, 2.45) is 0 Å². The summed E-state index contributed by atoms with van der Waals surface area (Å²) >= 11 is 0. The minimum Gasteiger partial charge on any atom is -0.423 e. The van der Waals surface area contributed by atoms with E-state index in [0.29, 0.717) is 37.0 Å². The largest absolute Gasteiger partial charge is 0.423 e. The van der Waals surface area contributed by atoms with Gasteiger partial charge in [0.1, 0.15) is 5.52 Å². The summed E-state index contributed by atoms with van der Waals surface area (Å²) in [7, 11) is 0. The van der Waals surface area contributed by atoms with E-state index in [1.807, 2.05) is 11.0 Å². The zero-order valence-electron chi connectivity index (χ0n) is 9.67. The molecular formula is C12H12N4O2.